The van der Waals surface area contributed by atoms with Crippen molar-refractivity contribution in [3.05, 3.63) is 64.4 Å². The number of phenolic OH excluding ortho intramolecular Hbond substituents is 1. The average Bonchev–Trinajstić information content (AvgIpc) is 2.97. The Kier molecular flexibility index (Phi) is 4.49. The van der Waals surface area contributed by atoms with Gasteiger partial charge in [0, 0.05) is 19.6 Å². The van der Waals surface area contributed by atoms with E-state index in [2.05, 4.69) is 4.90 Å². The van der Waals surface area contributed by atoms with Gasteiger partial charge in [-0.25, -0.2) is 0 Å². The number of Topliss-reactive ketones (excluding diaryl/α,β-unsaturated/α-hetero) is 1. The van der Waals surface area contributed by atoms with Crippen LogP contribution in [0.1, 0.15) is 27.0 Å². The summed E-state index contributed by atoms with van der Waals surface area (Å²) in [6.45, 7) is 5.29. The second-order valence-corrected chi connectivity index (χ2v) is 6.63. The van der Waals surface area contributed by atoms with Crippen molar-refractivity contribution in [2.75, 3.05) is 26.3 Å². The lowest BCUT2D eigenvalue weighted by atomic mass is 9.99. The second-order valence-electron chi connectivity index (χ2n) is 6.63. The highest BCUT2D eigenvalue weighted by atomic mass is 16.5. The zero-order valence-corrected chi connectivity index (χ0v) is 14.7. The summed E-state index contributed by atoms with van der Waals surface area (Å²) in [5.41, 5.74) is 2.84. The summed E-state index contributed by atoms with van der Waals surface area (Å²) in [5.74, 6) is 0.815. The predicted molar refractivity (Wildman–Crippen MR) is 98.3 cm³/mol. The Morgan fingerprint density at radius 3 is 2.65 bits per heavy atom. The van der Waals surface area contributed by atoms with Crippen LogP contribution in [0.5, 0.6) is 11.5 Å². The fourth-order valence-corrected chi connectivity index (χ4v) is 3.42. The molecule has 134 valence electrons. The van der Waals surface area contributed by atoms with Gasteiger partial charge >= 0.3 is 0 Å². The van der Waals surface area contributed by atoms with Crippen molar-refractivity contribution in [2.24, 2.45) is 0 Å². The molecule has 2 heterocycles. The molecule has 2 aliphatic rings. The van der Waals surface area contributed by atoms with Crippen LogP contribution in [0.2, 0.25) is 0 Å². The third-order valence-corrected chi connectivity index (χ3v) is 4.80. The van der Waals surface area contributed by atoms with Crippen molar-refractivity contribution in [2.45, 2.75) is 13.5 Å². The molecule has 0 atom stereocenters. The first-order valence-electron chi connectivity index (χ1n) is 8.78. The van der Waals surface area contributed by atoms with E-state index in [0.717, 1.165) is 24.2 Å². The lowest BCUT2D eigenvalue weighted by Gasteiger charge is -2.27. The van der Waals surface area contributed by atoms with Crippen LogP contribution >= 0.6 is 0 Å². The summed E-state index contributed by atoms with van der Waals surface area (Å²) in [4.78, 5) is 15.1. The summed E-state index contributed by atoms with van der Waals surface area (Å²) in [5, 5.41) is 10.5. The van der Waals surface area contributed by atoms with Gasteiger partial charge in [-0.05, 0) is 30.2 Å². The molecule has 1 fully saturated rings. The van der Waals surface area contributed by atoms with Gasteiger partial charge in [0.25, 0.3) is 0 Å². The molecule has 5 nitrogen and oxygen atoms in total. The third kappa shape index (κ3) is 3.11. The topological polar surface area (TPSA) is 59.0 Å². The number of benzene rings is 2. The zero-order chi connectivity index (χ0) is 18.1. The van der Waals surface area contributed by atoms with E-state index in [1.807, 2.05) is 37.3 Å². The van der Waals surface area contributed by atoms with Gasteiger partial charge in [0.15, 0.2) is 5.76 Å². The normalized spacial score (nSPS) is 18.8. The molecule has 1 saturated heterocycles. The van der Waals surface area contributed by atoms with Crippen LogP contribution in [-0.4, -0.2) is 42.1 Å². The van der Waals surface area contributed by atoms with Crippen molar-refractivity contribution in [3.63, 3.8) is 0 Å². The molecular weight excluding hydrogens is 330 g/mol. The van der Waals surface area contributed by atoms with Gasteiger partial charge in [0.2, 0.25) is 5.78 Å². The number of morpholine rings is 1. The molecule has 5 heteroatoms. The maximum atomic E-state index is 12.9. The molecule has 0 amide bonds. The first kappa shape index (κ1) is 16.8. The summed E-state index contributed by atoms with van der Waals surface area (Å²) in [7, 11) is 0. The van der Waals surface area contributed by atoms with Crippen LogP contribution in [0, 0.1) is 6.92 Å². The third-order valence-electron chi connectivity index (χ3n) is 4.80. The Morgan fingerprint density at radius 2 is 1.92 bits per heavy atom. The molecular formula is C21H21NO4. The zero-order valence-electron chi connectivity index (χ0n) is 14.7. The fourth-order valence-electron chi connectivity index (χ4n) is 3.42. The van der Waals surface area contributed by atoms with Crippen molar-refractivity contribution in [1.82, 2.24) is 4.90 Å². The van der Waals surface area contributed by atoms with Crippen LogP contribution < -0.4 is 4.74 Å². The number of rotatable bonds is 3. The SMILES string of the molecule is Cc1cc(O)c(CN2CCOCC2)c2c1C(=O)/C(=C/c1ccccc1)O2. The number of hydrogen-bond acceptors (Lipinski definition) is 5. The minimum absolute atomic E-state index is 0.135. The Morgan fingerprint density at radius 1 is 1.19 bits per heavy atom. The van der Waals surface area contributed by atoms with Crippen molar-refractivity contribution in [1.29, 1.82) is 0 Å². The van der Waals surface area contributed by atoms with Crippen LogP contribution in [0.15, 0.2) is 42.2 Å². The van der Waals surface area contributed by atoms with Gasteiger partial charge in [-0.2, -0.15) is 0 Å². The first-order valence-corrected chi connectivity index (χ1v) is 8.78. The minimum atomic E-state index is -0.135. The number of ketones is 1. The van der Waals surface area contributed by atoms with E-state index in [4.69, 9.17) is 9.47 Å². The summed E-state index contributed by atoms with van der Waals surface area (Å²) in [6, 6.07) is 11.3. The summed E-state index contributed by atoms with van der Waals surface area (Å²) >= 11 is 0. The molecule has 2 aromatic carbocycles. The number of phenols is 1. The second kappa shape index (κ2) is 6.94. The highest BCUT2D eigenvalue weighted by molar-refractivity contribution is 6.15. The molecule has 0 unspecified atom stereocenters. The fraction of sp³-hybridized carbons (Fsp3) is 0.286. The highest BCUT2D eigenvalue weighted by Gasteiger charge is 2.33. The maximum Gasteiger partial charge on any atom is 0.232 e. The Labute approximate surface area is 152 Å². The van der Waals surface area contributed by atoms with E-state index < -0.39 is 0 Å². The monoisotopic (exact) mass is 351 g/mol. The van der Waals surface area contributed by atoms with E-state index in [0.29, 0.717) is 42.4 Å². The van der Waals surface area contributed by atoms with Crippen LogP contribution in [-0.2, 0) is 11.3 Å². The van der Waals surface area contributed by atoms with E-state index in [-0.39, 0.29) is 11.5 Å². The lowest BCUT2D eigenvalue weighted by Crippen LogP contribution is -2.35. The lowest BCUT2D eigenvalue weighted by molar-refractivity contribution is 0.0336. The van der Waals surface area contributed by atoms with Crippen molar-refractivity contribution in [3.8, 4) is 11.5 Å². The molecule has 0 saturated carbocycles. The van der Waals surface area contributed by atoms with E-state index in [1.54, 1.807) is 12.1 Å². The standard InChI is InChI=1S/C21H21NO4/c1-14-11-17(23)16(13-22-7-9-25-10-8-22)21-19(14)20(24)18(26-21)12-15-5-3-2-4-6-15/h2-6,11-12,23H,7-10,13H2,1H3/b18-12-. The molecule has 4 rings (SSSR count). The van der Waals surface area contributed by atoms with Crippen LogP contribution in [0.4, 0.5) is 0 Å². The average molecular weight is 351 g/mol. The Hall–Kier alpha value is -2.63. The number of carbonyl (C=O) groups excluding carboxylic acids is 1. The van der Waals surface area contributed by atoms with Crippen LogP contribution in [0.3, 0.4) is 0 Å². The molecule has 0 aliphatic carbocycles. The number of nitrogens with zero attached hydrogens (tertiary/aromatic N) is 1. The van der Waals surface area contributed by atoms with E-state index in [9.17, 15) is 9.90 Å². The maximum absolute atomic E-state index is 12.9. The molecule has 2 aliphatic heterocycles. The number of allylic oxidation sites excluding steroid dienone is 1. The van der Waals surface area contributed by atoms with E-state index >= 15 is 0 Å². The van der Waals surface area contributed by atoms with E-state index in [1.165, 1.54) is 0 Å². The van der Waals surface area contributed by atoms with Gasteiger partial charge in [0.05, 0.1) is 24.3 Å². The van der Waals surface area contributed by atoms with Gasteiger partial charge in [-0.1, -0.05) is 30.3 Å². The quantitative estimate of drug-likeness (QED) is 0.861. The number of aromatic hydroxyl groups is 1. The molecule has 26 heavy (non-hydrogen) atoms. The molecule has 0 bridgehead atoms. The number of aryl methyl sites for hydroxylation is 1. The van der Waals surface area contributed by atoms with Gasteiger partial charge in [-0.3, -0.25) is 9.69 Å². The number of ether oxygens (including phenoxy) is 2. The van der Waals surface area contributed by atoms with Crippen molar-refractivity contribution < 1.29 is 19.4 Å². The molecule has 0 aromatic heterocycles. The smallest absolute Gasteiger partial charge is 0.232 e. The number of fused-ring (bicyclic) bond motifs is 1. The minimum Gasteiger partial charge on any atom is -0.507 e. The van der Waals surface area contributed by atoms with Crippen molar-refractivity contribution >= 4 is 11.9 Å². The van der Waals surface area contributed by atoms with Gasteiger partial charge in [0.1, 0.15) is 11.5 Å². The first-order chi connectivity index (χ1) is 12.6. The predicted octanol–water partition coefficient (Wildman–Crippen LogP) is 3.15. The molecule has 0 radical (unpaired) electrons. The highest BCUT2D eigenvalue weighted by Crippen LogP contribution is 2.42. The van der Waals surface area contributed by atoms with Crippen LogP contribution in [0.25, 0.3) is 6.08 Å². The summed E-state index contributed by atoms with van der Waals surface area (Å²) < 4.78 is 11.3. The van der Waals surface area contributed by atoms with Gasteiger partial charge < -0.3 is 14.6 Å². The molecule has 0 spiro atoms. The number of carbonyl (C=O) groups is 1. The number of hydrogen-bond donors (Lipinski definition) is 1. The summed E-state index contributed by atoms with van der Waals surface area (Å²) in [6.07, 6.45) is 1.75. The molecule has 2 aromatic rings. The Balaban J connectivity index is 1.71. The Bertz CT molecular complexity index is 867. The largest absolute Gasteiger partial charge is 0.507 e. The molecule has 1 N–H and O–H groups in total. The van der Waals surface area contributed by atoms with Gasteiger partial charge in [-0.15, -0.1) is 0 Å².